The minimum absolute atomic E-state index is 0.294. The highest BCUT2D eigenvalue weighted by Gasteiger charge is 2.13. The van der Waals surface area contributed by atoms with E-state index in [1.165, 1.54) is 23.0 Å². The van der Waals surface area contributed by atoms with E-state index in [0.717, 1.165) is 0 Å². The van der Waals surface area contributed by atoms with Crippen molar-refractivity contribution in [2.24, 2.45) is 0 Å². The molecule has 0 atom stereocenters. The first kappa shape index (κ1) is 13.3. The SMILES string of the molecule is Cc1ccc(-c2nn(-c3ccccc3F)cc2N)cc1F. The molecule has 0 radical (unpaired) electrons. The van der Waals surface area contributed by atoms with E-state index in [2.05, 4.69) is 5.10 Å². The summed E-state index contributed by atoms with van der Waals surface area (Å²) in [5.74, 6) is -0.728. The number of aryl methyl sites for hydroxylation is 1. The number of halogens is 2. The summed E-state index contributed by atoms with van der Waals surface area (Å²) < 4.78 is 28.8. The van der Waals surface area contributed by atoms with Gasteiger partial charge in [0, 0.05) is 5.56 Å². The van der Waals surface area contributed by atoms with Crippen LogP contribution in [0.25, 0.3) is 16.9 Å². The van der Waals surface area contributed by atoms with Crippen molar-refractivity contribution in [1.82, 2.24) is 9.78 Å². The Kier molecular flexibility index (Phi) is 3.17. The fourth-order valence-corrected chi connectivity index (χ4v) is 2.11. The van der Waals surface area contributed by atoms with Crippen molar-refractivity contribution >= 4 is 5.69 Å². The van der Waals surface area contributed by atoms with Gasteiger partial charge in [-0.2, -0.15) is 5.10 Å². The molecule has 0 amide bonds. The van der Waals surface area contributed by atoms with Crippen LogP contribution in [0.4, 0.5) is 14.5 Å². The van der Waals surface area contributed by atoms with Crippen molar-refractivity contribution in [2.45, 2.75) is 6.92 Å². The fraction of sp³-hybridized carbons (Fsp3) is 0.0625. The molecule has 0 spiro atoms. The van der Waals surface area contributed by atoms with E-state index in [0.29, 0.717) is 28.2 Å². The van der Waals surface area contributed by atoms with Gasteiger partial charge in [0.25, 0.3) is 0 Å². The van der Waals surface area contributed by atoms with Crippen LogP contribution >= 0.6 is 0 Å². The lowest BCUT2D eigenvalue weighted by molar-refractivity contribution is 0.611. The first-order chi connectivity index (χ1) is 10.1. The number of aromatic nitrogens is 2. The molecule has 0 aliphatic rings. The molecule has 0 unspecified atom stereocenters. The molecule has 21 heavy (non-hydrogen) atoms. The molecule has 1 heterocycles. The van der Waals surface area contributed by atoms with Gasteiger partial charge in [0.2, 0.25) is 0 Å². The topological polar surface area (TPSA) is 43.8 Å². The summed E-state index contributed by atoms with van der Waals surface area (Å²) in [6.07, 6.45) is 1.52. The molecular weight excluding hydrogens is 272 g/mol. The number of nitrogens with two attached hydrogens (primary N) is 1. The van der Waals surface area contributed by atoms with Crippen LogP contribution in [0.2, 0.25) is 0 Å². The average molecular weight is 285 g/mol. The van der Waals surface area contributed by atoms with E-state index >= 15 is 0 Å². The number of para-hydroxylation sites is 1. The normalized spacial score (nSPS) is 10.8. The van der Waals surface area contributed by atoms with Gasteiger partial charge in [0.15, 0.2) is 0 Å². The number of benzene rings is 2. The summed E-state index contributed by atoms with van der Waals surface area (Å²) in [6.45, 7) is 1.68. The van der Waals surface area contributed by atoms with Crippen molar-refractivity contribution in [2.75, 3.05) is 5.73 Å². The Balaban J connectivity index is 2.10. The Hall–Kier alpha value is -2.69. The summed E-state index contributed by atoms with van der Waals surface area (Å²) in [6, 6.07) is 11.0. The maximum Gasteiger partial charge on any atom is 0.148 e. The molecule has 0 bridgehead atoms. The van der Waals surface area contributed by atoms with E-state index in [9.17, 15) is 8.78 Å². The maximum absolute atomic E-state index is 13.8. The Morgan fingerprint density at radius 1 is 1.05 bits per heavy atom. The van der Waals surface area contributed by atoms with Crippen LogP contribution in [0.5, 0.6) is 0 Å². The molecule has 2 N–H and O–H groups in total. The third kappa shape index (κ3) is 2.38. The van der Waals surface area contributed by atoms with Crippen LogP contribution in [0, 0.1) is 18.6 Å². The average Bonchev–Trinajstić information content (AvgIpc) is 2.84. The van der Waals surface area contributed by atoms with Crippen molar-refractivity contribution in [3.63, 3.8) is 0 Å². The Bertz CT molecular complexity index is 809. The number of hydrogen-bond acceptors (Lipinski definition) is 2. The van der Waals surface area contributed by atoms with Gasteiger partial charge in [-0.3, -0.25) is 0 Å². The summed E-state index contributed by atoms with van der Waals surface area (Å²) in [5, 5.41) is 4.27. The third-order valence-electron chi connectivity index (χ3n) is 3.29. The molecule has 0 fully saturated rings. The van der Waals surface area contributed by atoms with Gasteiger partial charge in [-0.25, -0.2) is 13.5 Å². The van der Waals surface area contributed by atoms with Gasteiger partial charge in [-0.1, -0.05) is 24.3 Å². The summed E-state index contributed by atoms with van der Waals surface area (Å²) >= 11 is 0. The van der Waals surface area contributed by atoms with Gasteiger partial charge >= 0.3 is 0 Å². The summed E-state index contributed by atoms with van der Waals surface area (Å²) in [4.78, 5) is 0. The van der Waals surface area contributed by atoms with Gasteiger partial charge in [0.1, 0.15) is 23.0 Å². The molecular formula is C16H13F2N3. The summed E-state index contributed by atoms with van der Waals surface area (Å²) in [5.41, 5.74) is 8.11. The lowest BCUT2D eigenvalue weighted by Crippen LogP contribution is -1.98. The molecule has 0 aliphatic heterocycles. The Labute approximate surface area is 120 Å². The molecule has 3 nitrogen and oxygen atoms in total. The predicted molar refractivity (Wildman–Crippen MR) is 78.1 cm³/mol. The smallest absolute Gasteiger partial charge is 0.148 e. The highest BCUT2D eigenvalue weighted by atomic mass is 19.1. The first-order valence-corrected chi connectivity index (χ1v) is 6.43. The second kappa shape index (κ2) is 5.01. The van der Waals surface area contributed by atoms with Crippen LogP contribution in [0.15, 0.2) is 48.7 Å². The third-order valence-corrected chi connectivity index (χ3v) is 3.29. The van der Waals surface area contributed by atoms with E-state index in [4.69, 9.17) is 5.73 Å². The van der Waals surface area contributed by atoms with Gasteiger partial charge in [-0.05, 0) is 30.7 Å². The number of anilines is 1. The molecule has 0 saturated carbocycles. The van der Waals surface area contributed by atoms with Crippen molar-refractivity contribution in [3.8, 4) is 16.9 Å². The monoisotopic (exact) mass is 285 g/mol. The van der Waals surface area contributed by atoms with Crippen molar-refractivity contribution in [1.29, 1.82) is 0 Å². The van der Waals surface area contributed by atoms with Crippen LogP contribution < -0.4 is 5.73 Å². The molecule has 0 aliphatic carbocycles. The number of rotatable bonds is 2. The molecule has 3 aromatic rings. The second-order valence-corrected chi connectivity index (χ2v) is 4.79. The molecule has 0 saturated heterocycles. The Morgan fingerprint density at radius 2 is 1.81 bits per heavy atom. The first-order valence-electron chi connectivity index (χ1n) is 6.43. The van der Waals surface area contributed by atoms with Crippen molar-refractivity contribution in [3.05, 3.63) is 65.9 Å². The van der Waals surface area contributed by atoms with Crippen molar-refractivity contribution < 1.29 is 8.78 Å². The molecule has 5 heteroatoms. The quantitative estimate of drug-likeness (QED) is 0.780. The largest absolute Gasteiger partial charge is 0.396 e. The van der Waals surface area contributed by atoms with Gasteiger partial charge in [-0.15, -0.1) is 0 Å². The minimum atomic E-state index is -0.401. The molecule has 3 rings (SSSR count). The lowest BCUT2D eigenvalue weighted by Gasteiger charge is -2.03. The van der Waals surface area contributed by atoms with Crippen LogP contribution in [-0.4, -0.2) is 9.78 Å². The van der Waals surface area contributed by atoms with E-state index < -0.39 is 5.82 Å². The van der Waals surface area contributed by atoms with Gasteiger partial charge < -0.3 is 5.73 Å². The van der Waals surface area contributed by atoms with Crippen LogP contribution in [-0.2, 0) is 0 Å². The second-order valence-electron chi connectivity index (χ2n) is 4.79. The van der Waals surface area contributed by atoms with Crippen LogP contribution in [0.3, 0.4) is 0 Å². The molecule has 1 aromatic heterocycles. The molecule has 2 aromatic carbocycles. The van der Waals surface area contributed by atoms with E-state index in [1.807, 2.05) is 0 Å². The highest BCUT2D eigenvalue weighted by molar-refractivity contribution is 5.72. The number of hydrogen-bond donors (Lipinski definition) is 1. The summed E-state index contributed by atoms with van der Waals surface area (Å²) in [7, 11) is 0. The highest BCUT2D eigenvalue weighted by Crippen LogP contribution is 2.27. The maximum atomic E-state index is 13.8. The lowest BCUT2D eigenvalue weighted by atomic mass is 10.1. The predicted octanol–water partition coefficient (Wildman–Crippen LogP) is 3.71. The minimum Gasteiger partial charge on any atom is -0.396 e. The molecule has 106 valence electrons. The standard InChI is InChI=1S/C16H13F2N3/c1-10-6-7-11(8-13(10)18)16-14(19)9-21(20-16)15-5-3-2-4-12(15)17/h2-9H,19H2,1H3. The van der Waals surface area contributed by atoms with Crippen LogP contribution in [0.1, 0.15) is 5.56 Å². The van der Waals surface area contributed by atoms with E-state index in [-0.39, 0.29) is 5.82 Å². The number of nitrogens with zero attached hydrogens (tertiary/aromatic N) is 2. The van der Waals surface area contributed by atoms with E-state index in [1.54, 1.807) is 37.3 Å². The zero-order valence-corrected chi connectivity index (χ0v) is 11.3. The zero-order valence-electron chi connectivity index (χ0n) is 11.3. The zero-order chi connectivity index (χ0) is 15.0. The Morgan fingerprint density at radius 3 is 2.52 bits per heavy atom. The van der Waals surface area contributed by atoms with Gasteiger partial charge in [0.05, 0.1) is 11.9 Å². The number of nitrogen functional groups attached to an aromatic ring is 1. The fourth-order valence-electron chi connectivity index (χ4n) is 2.11.